The van der Waals surface area contributed by atoms with E-state index in [1.165, 1.54) is 18.2 Å². The highest BCUT2D eigenvalue weighted by atomic mass is 35.5. The minimum atomic E-state index is -0.581. The molecule has 3 aromatic carbocycles. The van der Waals surface area contributed by atoms with Crippen LogP contribution in [0.2, 0.25) is 5.02 Å². The van der Waals surface area contributed by atoms with Crippen molar-refractivity contribution in [2.45, 2.75) is 19.1 Å². The molecule has 0 spiro atoms. The van der Waals surface area contributed by atoms with Gasteiger partial charge in [0, 0.05) is 17.1 Å². The van der Waals surface area contributed by atoms with E-state index in [0.717, 1.165) is 16.7 Å². The zero-order valence-electron chi connectivity index (χ0n) is 16.2. The van der Waals surface area contributed by atoms with Crippen LogP contribution < -0.4 is 0 Å². The van der Waals surface area contributed by atoms with Crippen LogP contribution in [0, 0.1) is 5.82 Å². The summed E-state index contributed by atoms with van der Waals surface area (Å²) < 4.78 is 19.6. The van der Waals surface area contributed by atoms with Gasteiger partial charge in [-0.05, 0) is 47.4 Å². The molecule has 0 saturated heterocycles. The van der Waals surface area contributed by atoms with Crippen molar-refractivity contribution in [1.82, 2.24) is 4.90 Å². The zero-order chi connectivity index (χ0) is 21.1. The van der Waals surface area contributed by atoms with Gasteiger partial charge in [-0.3, -0.25) is 4.79 Å². The number of aromatic hydroxyl groups is 1. The van der Waals surface area contributed by atoms with Crippen molar-refractivity contribution in [2.24, 2.45) is 0 Å². The maximum Gasteiger partial charge on any atom is 0.249 e. The molecule has 3 aromatic rings. The van der Waals surface area contributed by atoms with Gasteiger partial charge in [-0.15, -0.1) is 0 Å². The van der Waals surface area contributed by atoms with Crippen LogP contribution in [0.3, 0.4) is 0 Å². The average Bonchev–Trinajstić information content (AvgIpc) is 2.76. The molecule has 30 heavy (non-hydrogen) atoms. The summed E-state index contributed by atoms with van der Waals surface area (Å²) in [5.41, 5.74) is 3.12. The van der Waals surface area contributed by atoms with Gasteiger partial charge in [-0.2, -0.15) is 0 Å². The van der Waals surface area contributed by atoms with Gasteiger partial charge >= 0.3 is 0 Å². The summed E-state index contributed by atoms with van der Waals surface area (Å²) in [5, 5.41) is 11.0. The van der Waals surface area contributed by atoms with Crippen LogP contribution in [0.1, 0.15) is 28.3 Å². The number of amides is 1. The van der Waals surface area contributed by atoms with Crippen LogP contribution in [0.25, 0.3) is 0 Å². The Balaban J connectivity index is 1.58. The van der Waals surface area contributed by atoms with Gasteiger partial charge in [0.1, 0.15) is 18.2 Å². The predicted molar refractivity (Wildman–Crippen MR) is 113 cm³/mol. The standard InChI is InChI=1S/C24H21ClFNO3/c25-21-8-4-2-6-17(21)14-30-15-23(29)27-12-11-16-5-1-3-7-19(16)24(27)20-13-18(26)9-10-22(20)28/h1-10,13,24,28H,11-12,14-15H2. The number of hydrogen-bond donors (Lipinski definition) is 1. The van der Waals surface area contributed by atoms with E-state index in [1.54, 1.807) is 11.0 Å². The molecule has 1 N–H and O–H groups in total. The Kier molecular flexibility index (Phi) is 6.02. The second-order valence-electron chi connectivity index (χ2n) is 7.23. The number of hydrogen-bond acceptors (Lipinski definition) is 3. The van der Waals surface area contributed by atoms with Crippen LogP contribution in [-0.4, -0.2) is 29.1 Å². The molecule has 1 atom stereocenters. The van der Waals surface area contributed by atoms with E-state index >= 15 is 0 Å². The van der Waals surface area contributed by atoms with Gasteiger partial charge in [0.15, 0.2) is 0 Å². The van der Waals surface area contributed by atoms with Crippen LogP contribution in [-0.2, 0) is 22.6 Å². The third-order valence-corrected chi connectivity index (χ3v) is 5.70. The van der Waals surface area contributed by atoms with Gasteiger partial charge in [0.05, 0.1) is 12.6 Å². The average molecular weight is 426 g/mol. The molecule has 0 bridgehead atoms. The molecule has 0 fully saturated rings. The summed E-state index contributed by atoms with van der Waals surface area (Å²) in [5.74, 6) is -0.744. The highest BCUT2D eigenvalue weighted by molar-refractivity contribution is 6.31. The molecule has 1 unspecified atom stereocenters. The minimum Gasteiger partial charge on any atom is -0.508 e. The fourth-order valence-electron chi connectivity index (χ4n) is 3.86. The summed E-state index contributed by atoms with van der Waals surface area (Å²) in [4.78, 5) is 14.7. The molecule has 0 saturated carbocycles. The summed E-state index contributed by atoms with van der Waals surface area (Å²) in [7, 11) is 0. The van der Waals surface area contributed by atoms with Crippen LogP contribution in [0.15, 0.2) is 66.7 Å². The quantitative estimate of drug-likeness (QED) is 0.634. The normalized spacial score (nSPS) is 15.7. The van der Waals surface area contributed by atoms with Crippen LogP contribution in [0.5, 0.6) is 5.75 Å². The zero-order valence-corrected chi connectivity index (χ0v) is 17.0. The molecule has 1 amide bonds. The predicted octanol–water partition coefficient (Wildman–Crippen LogP) is 4.88. The highest BCUT2D eigenvalue weighted by Gasteiger charge is 2.33. The Labute approximate surface area is 179 Å². The number of nitrogens with zero attached hydrogens (tertiary/aromatic N) is 1. The highest BCUT2D eigenvalue weighted by Crippen LogP contribution is 2.39. The van der Waals surface area contributed by atoms with E-state index in [4.69, 9.17) is 16.3 Å². The summed E-state index contributed by atoms with van der Waals surface area (Å²) in [6.07, 6.45) is 0.680. The summed E-state index contributed by atoms with van der Waals surface area (Å²) in [6.45, 7) is 0.525. The SMILES string of the molecule is O=C(COCc1ccccc1Cl)N1CCc2ccccc2C1c1cc(F)ccc1O. The lowest BCUT2D eigenvalue weighted by atomic mass is 9.87. The van der Waals surface area contributed by atoms with Crippen molar-refractivity contribution in [1.29, 1.82) is 0 Å². The van der Waals surface area contributed by atoms with Gasteiger partial charge in [-0.25, -0.2) is 4.39 Å². The molecule has 1 aliphatic heterocycles. The second-order valence-corrected chi connectivity index (χ2v) is 7.63. The number of phenolic OH excluding ortho intramolecular Hbond substituents is 1. The Morgan fingerprint density at radius 3 is 2.70 bits per heavy atom. The summed E-state index contributed by atoms with van der Waals surface area (Å²) in [6, 6.07) is 18.2. The number of carbonyl (C=O) groups is 1. The van der Waals surface area contributed by atoms with Crippen LogP contribution >= 0.6 is 11.6 Å². The number of benzene rings is 3. The van der Waals surface area contributed by atoms with Crippen molar-refractivity contribution in [2.75, 3.05) is 13.2 Å². The molecule has 1 aliphatic rings. The monoisotopic (exact) mass is 425 g/mol. The fraction of sp³-hybridized carbons (Fsp3) is 0.208. The van der Waals surface area contributed by atoms with Crippen LogP contribution in [0.4, 0.5) is 4.39 Å². The van der Waals surface area contributed by atoms with Gasteiger partial charge in [0.25, 0.3) is 0 Å². The molecule has 0 aliphatic carbocycles. The Bertz CT molecular complexity index is 1070. The lowest BCUT2D eigenvalue weighted by molar-refractivity contribution is -0.138. The maximum atomic E-state index is 14.0. The third-order valence-electron chi connectivity index (χ3n) is 5.33. The number of halogens is 2. The second kappa shape index (κ2) is 8.86. The number of carbonyl (C=O) groups excluding carboxylic acids is 1. The van der Waals surface area contributed by atoms with Crippen molar-refractivity contribution in [3.8, 4) is 5.75 Å². The van der Waals surface area contributed by atoms with E-state index in [9.17, 15) is 14.3 Å². The molecule has 0 aromatic heterocycles. The van der Waals surface area contributed by atoms with Gasteiger partial charge in [0.2, 0.25) is 5.91 Å². The smallest absolute Gasteiger partial charge is 0.249 e. The van der Waals surface area contributed by atoms with Gasteiger partial charge < -0.3 is 14.7 Å². The largest absolute Gasteiger partial charge is 0.508 e. The first-order valence-corrected chi connectivity index (χ1v) is 10.1. The first kappa shape index (κ1) is 20.4. The molecular formula is C24H21ClFNO3. The van der Waals surface area contributed by atoms with Crippen molar-refractivity contribution < 1.29 is 19.0 Å². The Morgan fingerprint density at radius 1 is 1.10 bits per heavy atom. The maximum absolute atomic E-state index is 14.0. The van der Waals surface area contributed by atoms with Crippen molar-refractivity contribution in [3.63, 3.8) is 0 Å². The third kappa shape index (κ3) is 4.18. The lowest BCUT2D eigenvalue weighted by Gasteiger charge is -2.38. The van der Waals surface area contributed by atoms with Crippen molar-refractivity contribution in [3.05, 3.63) is 99.8 Å². The molecular weight excluding hydrogens is 405 g/mol. The Hall–Kier alpha value is -2.89. The minimum absolute atomic E-state index is 0.0483. The lowest BCUT2D eigenvalue weighted by Crippen LogP contribution is -2.42. The van der Waals surface area contributed by atoms with E-state index < -0.39 is 11.9 Å². The molecule has 0 radical (unpaired) electrons. The van der Waals surface area contributed by atoms with Gasteiger partial charge in [-0.1, -0.05) is 54.1 Å². The van der Waals surface area contributed by atoms with Crippen molar-refractivity contribution >= 4 is 17.5 Å². The Morgan fingerprint density at radius 2 is 1.87 bits per heavy atom. The number of phenols is 1. The molecule has 1 heterocycles. The molecule has 154 valence electrons. The number of ether oxygens (including phenoxy) is 1. The van der Waals surface area contributed by atoms with E-state index in [-0.39, 0.29) is 24.9 Å². The molecule has 4 rings (SSSR count). The number of rotatable bonds is 5. The first-order chi connectivity index (χ1) is 14.5. The topological polar surface area (TPSA) is 49.8 Å². The molecule has 4 nitrogen and oxygen atoms in total. The molecule has 6 heteroatoms. The van der Waals surface area contributed by atoms with E-state index in [1.807, 2.05) is 42.5 Å². The number of fused-ring (bicyclic) bond motifs is 1. The van der Waals surface area contributed by atoms with E-state index in [0.29, 0.717) is 23.6 Å². The summed E-state index contributed by atoms with van der Waals surface area (Å²) >= 11 is 6.14. The first-order valence-electron chi connectivity index (χ1n) is 9.71. The van der Waals surface area contributed by atoms with E-state index in [2.05, 4.69) is 0 Å². The fourth-order valence-corrected chi connectivity index (χ4v) is 4.05.